The lowest BCUT2D eigenvalue weighted by molar-refractivity contribution is -0.136. The van der Waals surface area contributed by atoms with Crippen LogP contribution in [-0.4, -0.2) is 5.97 Å². The number of unbranched alkanes of at least 4 members (excludes halogenated alkanes) is 3. The van der Waals surface area contributed by atoms with Crippen molar-refractivity contribution in [1.82, 2.24) is 0 Å². The van der Waals surface area contributed by atoms with Crippen LogP contribution >= 0.6 is 0 Å². The average molecular weight is 344 g/mol. The summed E-state index contributed by atoms with van der Waals surface area (Å²) < 4.78 is 5.68. The van der Waals surface area contributed by atoms with Crippen LogP contribution in [0.25, 0.3) is 27.3 Å². The molecule has 0 saturated heterocycles. The van der Waals surface area contributed by atoms with Crippen molar-refractivity contribution in [3.63, 3.8) is 0 Å². The number of hydrogen-bond acceptors (Lipinski definition) is 2. The predicted octanol–water partition coefficient (Wildman–Crippen LogP) is 6.40. The van der Waals surface area contributed by atoms with E-state index in [4.69, 9.17) is 4.74 Å². The first-order valence-corrected chi connectivity index (χ1v) is 9.62. The van der Waals surface area contributed by atoms with E-state index < -0.39 is 0 Å². The van der Waals surface area contributed by atoms with E-state index >= 15 is 0 Å². The van der Waals surface area contributed by atoms with Gasteiger partial charge in [-0.2, -0.15) is 0 Å². The highest BCUT2D eigenvalue weighted by molar-refractivity contribution is 6.09. The second-order valence-electron chi connectivity index (χ2n) is 7.03. The highest BCUT2D eigenvalue weighted by Gasteiger charge is 2.20. The van der Waals surface area contributed by atoms with Crippen molar-refractivity contribution in [2.45, 2.75) is 45.4 Å². The smallest absolute Gasteiger partial charge is 0.311 e. The molecule has 0 atom stereocenters. The van der Waals surface area contributed by atoms with E-state index in [1.165, 1.54) is 39.9 Å². The second-order valence-corrected chi connectivity index (χ2v) is 7.03. The van der Waals surface area contributed by atoms with Crippen LogP contribution in [0.3, 0.4) is 0 Å². The minimum Gasteiger partial charge on any atom is -0.426 e. The van der Waals surface area contributed by atoms with Gasteiger partial charge in [0, 0.05) is 12.0 Å². The number of esters is 1. The molecule has 0 aliphatic heterocycles. The van der Waals surface area contributed by atoms with Gasteiger partial charge in [0.1, 0.15) is 5.76 Å². The van der Waals surface area contributed by atoms with Gasteiger partial charge >= 0.3 is 5.97 Å². The Morgan fingerprint density at radius 2 is 1.77 bits per heavy atom. The SMILES string of the molecule is CCCCCCC(=O)OC1=CCc2c1ccc1c2ccc2ccccc21. The molecule has 0 aromatic heterocycles. The Balaban J connectivity index is 1.58. The van der Waals surface area contributed by atoms with E-state index in [0.717, 1.165) is 30.6 Å². The van der Waals surface area contributed by atoms with Gasteiger partial charge in [-0.25, -0.2) is 0 Å². The maximum Gasteiger partial charge on any atom is 0.311 e. The zero-order valence-electron chi connectivity index (χ0n) is 15.3. The lowest BCUT2D eigenvalue weighted by Gasteiger charge is -2.11. The summed E-state index contributed by atoms with van der Waals surface area (Å²) in [6.45, 7) is 2.17. The molecule has 1 aliphatic rings. The van der Waals surface area contributed by atoms with Crippen LogP contribution in [0.15, 0.2) is 54.6 Å². The molecule has 3 aromatic rings. The summed E-state index contributed by atoms with van der Waals surface area (Å²) >= 11 is 0. The summed E-state index contributed by atoms with van der Waals surface area (Å²) in [5, 5.41) is 5.05. The van der Waals surface area contributed by atoms with Crippen LogP contribution in [0.4, 0.5) is 0 Å². The first-order valence-electron chi connectivity index (χ1n) is 9.62. The van der Waals surface area contributed by atoms with Gasteiger partial charge in [-0.3, -0.25) is 4.79 Å². The summed E-state index contributed by atoms with van der Waals surface area (Å²) in [4.78, 5) is 12.1. The van der Waals surface area contributed by atoms with Crippen molar-refractivity contribution < 1.29 is 9.53 Å². The molecule has 0 N–H and O–H groups in total. The molecule has 0 heterocycles. The topological polar surface area (TPSA) is 26.3 Å². The minimum absolute atomic E-state index is 0.112. The molecule has 4 rings (SSSR count). The molecule has 0 bridgehead atoms. The van der Waals surface area contributed by atoms with Crippen LogP contribution in [0.1, 0.15) is 50.2 Å². The number of allylic oxidation sites excluding steroid dienone is 1. The van der Waals surface area contributed by atoms with E-state index in [1.54, 1.807) is 0 Å². The molecule has 2 nitrogen and oxygen atoms in total. The molecule has 0 spiro atoms. The molecular weight excluding hydrogens is 320 g/mol. The number of carbonyl (C=O) groups excluding carboxylic acids is 1. The standard InChI is InChI=1S/C24H24O2/c1-2-3-4-5-10-24(25)26-23-16-15-21-20-12-11-17-8-6-7-9-18(17)19(20)13-14-22(21)23/h6-9,11-14,16H,2-5,10,15H2,1H3. The highest BCUT2D eigenvalue weighted by atomic mass is 16.5. The third kappa shape index (κ3) is 3.12. The number of carbonyl (C=O) groups is 1. The summed E-state index contributed by atoms with van der Waals surface area (Å²) in [6, 6.07) is 17.1. The maximum absolute atomic E-state index is 12.1. The molecular formula is C24H24O2. The molecule has 26 heavy (non-hydrogen) atoms. The van der Waals surface area contributed by atoms with Crippen molar-refractivity contribution >= 4 is 33.3 Å². The Bertz CT molecular complexity index is 998. The molecule has 3 aromatic carbocycles. The van der Waals surface area contributed by atoms with Crippen molar-refractivity contribution in [3.8, 4) is 0 Å². The molecule has 0 fully saturated rings. The Hall–Kier alpha value is -2.61. The minimum atomic E-state index is -0.112. The zero-order chi connectivity index (χ0) is 17.9. The Morgan fingerprint density at radius 3 is 2.65 bits per heavy atom. The fraction of sp³-hybridized carbons (Fsp3) is 0.292. The van der Waals surface area contributed by atoms with Crippen molar-refractivity contribution in [2.24, 2.45) is 0 Å². The van der Waals surface area contributed by atoms with E-state index in [0.29, 0.717) is 6.42 Å². The van der Waals surface area contributed by atoms with E-state index in [1.807, 2.05) is 6.08 Å². The van der Waals surface area contributed by atoms with Crippen LogP contribution in [0.2, 0.25) is 0 Å². The fourth-order valence-electron chi connectivity index (χ4n) is 3.87. The summed E-state index contributed by atoms with van der Waals surface area (Å²) in [5.74, 6) is 0.620. The molecule has 2 heteroatoms. The van der Waals surface area contributed by atoms with Crippen molar-refractivity contribution in [2.75, 3.05) is 0 Å². The van der Waals surface area contributed by atoms with Gasteiger partial charge in [-0.15, -0.1) is 0 Å². The monoisotopic (exact) mass is 344 g/mol. The van der Waals surface area contributed by atoms with Gasteiger partial charge in [0.05, 0.1) is 0 Å². The van der Waals surface area contributed by atoms with Crippen LogP contribution < -0.4 is 0 Å². The normalized spacial score (nSPS) is 13.0. The number of rotatable bonds is 6. The largest absolute Gasteiger partial charge is 0.426 e. The van der Waals surface area contributed by atoms with Crippen LogP contribution in [0.5, 0.6) is 0 Å². The first-order chi connectivity index (χ1) is 12.8. The fourth-order valence-corrected chi connectivity index (χ4v) is 3.87. The molecule has 132 valence electrons. The lowest BCUT2D eigenvalue weighted by atomic mass is 9.96. The van der Waals surface area contributed by atoms with Gasteiger partial charge < -0.3 is 4.74 Å². The van der Waals surface area contributed by atoms with E-state index in [2.05, 4.69) is 55.5 Å². The second kappa shape index (κ2) is 7.33. The average Bonchev–Trinajstić information content (AvgIpc) is 3.08. The lowest BCUT2D eigenvalue weighted by Crippen LogP contribution is -2.03. The van der Waals surface area contributed by atoms with E-state index in [-0.39, 0.29) is 5.97 Å². The third-order valence-electron chi connectivity index (χ3n) is 5.25. The van der Waals surface area contributed by atoms with Crippen molar-refractivity contribution in [3.05, 3.63) is 65.7 Å². The third-order valence-corrected chi connectivity index (χ3v) is 5.25. The van der Waals surface area contributed by atoms with E-state index in [9.17, 15) is 4.79 Å². The number of ether oxygens (including phenoxy) is 1. The van der Waals surface area contributed by atoms with Gasteiger partial charge in [0.25, 0.3) is 0 Å². The van der Waals surface area contributed by atoms with Gasteiger partial charge in [-0.05, 0) is 46.0 Å². The number of hydrogen-bond donors (Lipinski definition) is 0. The molecule has 0 radical (unpaired) electrons. The predicted molar refractivity (Wildman–Crippen MR) is 108 cm³/mol. The Labute approximate surface area is 154 Å². The molecule has 0 saturated carbocycles. The Morgan fingerprint density at radius 1 is 0.923 bits per heavy atom. The van der Waals surface area contributed by atoms with Crippen LogP contribution in [0, 0.1) is 0 Å². The van der Waals surface area contributed by atoms with Gasteiger partial charge in [0.2, 0.25) is 0 Å². The number of benzene rings is 3. The molecule has 0 amide bonds. The summed E-state index contributed by atoms with van der Waals surface area (Å²) in [6.07, 6.45) is 7.74. The summed E-state index contributed by atoms with van der Waals surface area (Å²) in [5.41, 5.74) is 2.33. The Kier molecular flexibility index (Phi) is 4.75. The maximum atomic E-state index is 12.1. The first kappa shape index (κ1) is 16.8. The zero-order valence-corrected chi connectivity index (χ0v) is 15.3. The van der Waals surface area contributed by atoms with Crippen molar-refractivity contribution in [1.29, 1.82) is 0 Å². The highest BCUT2D eigenvalue weighted by Crippen LogP contribution is 2.36. The van der Waals surface area contributed by atoms with Gasteiger partial charge in [-0.1, -0.05) is 74.7 Å². The molecule has 1 aliphatic carbocycles. The summed E-state index contributed by atoms with van der Waals surface area (Å²) in [7, 11) is 0. The molecule has 0 unspecified atom stereocenters. The number of fused-ring (bicyclic) bond motifs is 5. The van der Waals surface area contributed by atoms with Gasteiger partial charge in [0.15, 0.2) is 0 Å². The quantitative estimate of drug-likeness (QED) is 0.294. The van der Waals surface area contributed by atoms with Crippen LogP contribution in [-0.2, 0) is 16.0 Å².